The Kier molecular flexibility index (Phi) is 5.39. The zero-order valence-electron chi connectivity index (χ0n) is 15.6. The molecule has 1 saturated heterocycles. The summed E-state index contributed by atoms with van der Waals surface area (Å²) in [5, 5.41) is 0.695. The fourth-order valence-electron chi connectivity index (χ4n) is 3.49. The monoisotopic (exact) mass is 396 g/mol. The maximum absolute atomic E-state index is 13.0. The van der Waals surface area contributed by atoms with E-state index < -0.39 is 0 Å². The number of likely N-dealkylation sites (tertiary alicyclic amines) is 1. The van der Waals surface area contributed by atoms with Gasteiger partial charge >= 0.3 is 0 Å². The van der Waals surface area contributed by atoms with Crippen LogP contribution in [0.4, 0.5) is 0 Å². The lowest BCUT2D eigenvalue weighted by Crippen LogP contribution is -2.39. The molecule has 2 aromatic heterocycles. The van der Waals surface area contributed by atoms with E-state index in [1.165, 1.54) is 6.20 Å². The van der Waals surface area contributed by atoms with Gasteiger partial charge in [-0.2, -0.15) is 0 Å². The van der Waals surface area contributed by atoms with E-state index in [0.29, 0.717) is 29.6 Å². The number of nitrogens with zero attached hydrogens (tertiary/aromatic N) is 4. The van der Waals surface area contributed by atoms with Crippen LogP contribution in [0.3, 0.4) is 0 Å². The van der Waals surface area contributed by atoms with Crippen LogP contribution in [-0.2, 0) is 6.42 Å². The predicted octanol–water partition coefficient (Wildman–Crippen LogP) is 4.38. The van der Waals surface area contributed by atoms with E-state index in [1.807, 2.05) is 31.2 Å². The summed E-state index contributed by atoms with van der Waals surface area (Å²) in [6.45, 7) is 2.50. The number of hydrogen-bond acceptors (Lipinski definition) is 5. The van der Waals surface area contributed by atoms with Crippen LogP contribution in [0.5, 0.6) is 0 Å². The Morgan fingerprint density at radius 3 is 2.89 bits per heavy atom. The normalized spacial score (nSPS) is 16.9. The molecule has 0 bridgehead atoms. The first kappa shape index (κ1) is 18.6. The summed E-state index contributed by atoms with van der Waals surface area (Å²) in [7, 11) is 0. The number of amides is 1. The highest BCUT2D eigenvalue weighted by atomic mass is 35.5. The minimum absolute atomic E-state index is 0.133. The van der Waals surface area contributed by atoms with Crippen LogP contribution in [0, 0.1) is 6.92 Å². The second kappa shape index (κ2) is 8.10. The number of benzene rings is 1. The average Bonchev–Trinajstić information content (AvgIpc) is 3.16. The standard InChI is InChI=1S/C21H21ClN4O2/c1-14-11-24-18(13-23-14)21(27)26-8-3-2-7-19(26)20-25-12-17(28-20)10-15-5-4-6-16(22)9-15/h4-6,9,11-13,19H,2-3,7-8,10H2,1H3/t19-/m0/s1. The van der Waals surface area contributed by atoms with Crippen LogP contribution in [0.25, 0.3) is 0 Å². The molecule has 0 saturated carbocycles. The maximum atomic E-state index is 13.0. The number of piperidine rings is 1. The Hall–Kier alpha value is -2.73. The number of hydrogen-bond donors (Lipinski definition) is 0. The lowest BCUT2D eigenvalue weighted by molar-refractivity contribution is 0.0563. The Balaban J connectivity index is 1.54. The molecule has 0 radical (unpaired) electrons. The zero-order valence-corrected chi connectivity index (χ0v) is 16.4. The molecule has 1 atom stereocenters. The third kappa shape index (κ3) is 4.07. The lowest BCUT2D eigenvalue weighted by Gasteiger charge is -2.33. The fraction of sp³-hybridized carbons (Fsp3) is 0.333. The van der Waals surface area contributed by atoms with E-state index in [0.717, 1.165) is 36.3 Å². The topological polar surface area (TPSA) is 72.1 Å². The molecule has 4 rings (SSSR count). The number of aromatic nitrogens is 3. The smallest absolute Gasteiger partial charge is 0.274 e. The first-order valence-corrected chi connectivity index (χ1v) is 9.76. The first-order chi connectivity index (χ1) is 13.6. The third-order valence-electron chi connectivity index (χ3n) is 4.89. The predicted molar refractivity (Wildman–Crippen MR) is 105 cm³/mol. The van der Waals surface area contributed by atoms with Crippen molar-refractivity contribution in [2.75, 3.05) is 6.54 Å². The molecule has 6 nitrogen and oxygen atoms in total. The highest BCUT2D eigenvalue weighted by Gasteiger charge is 2.32. The van der Waals surface area contributed by atoms with Gasteiger partial charge in [0.25, 0.3) is 5.91 Å². The molecule has 0 aliphatic carbocycles. The Morgan fingerprint density at radius 2 is 2.11 bits per heavy atom. The van der Waals surface area contributed by atoms with Gasteiger partial charge in [-0.3, -0.25) is 9.78 Å². The molecule has 1 amide bonds. The Morgan fingerprint density at radius 1 is 1.21 bits per heavy atom. The van der Waals surface area contributed by atoms with Crippen LogP contribution in [0.2, 0.25) is 5.02 Å². The van der Waals surface area contributed by atoms with E-state index in [-0.39, 0.29) is 11.9 Å². The second-order valence-corrected chi connectivity index (χ2v) is 7.46. The van der Waals surface area contributed by atoms with Crippen LogP contribution < -0.4 is 0 Å². The van der Waals surface area contributed by atoms with Gasteiger partial charge in [-0.1, -0.05) is 23.7 Å². The summed E-state index contributed by atoms with van der Waals surface area (Å²) in [4.78, 5) is 27.7. The molecule has 3 aromatic rings. The van der Waals surface area contributed by atoms with Gasteiger partial charge in [0.2, 0.25) is 5.89 Å². The van der Waals surface area contributed by atoms with Crippen LogP contribution in [0.1, 0.15) is 58.7 Å². The summed E-state index contributed by atoms with van der Waals surface area (Å²) >= 11 is 6.06. The molecule has 28 heavy (non-hydrogen) atoms. The summed E-state index contributed by atoms with van der Waals surface area (Å²) in [6.07, 6.45) is 8.29. The minimum atomic E-state index is -0.183. The largest absolute Gasteiger partial charge is 0.443 e. The number of halogens is 1. The number of aryl methyl sites for hydroxylation is 1. The fourth-order valence-corrected chi connectivity index (χ4v) is 3.70. The Bertz CT molecular complexity index is 971. The van der Waals surface area contributed by atoms with Crippen LogP contribution in [-0.4, -0.2) is 32.3 Å². The van der Waals surface area contributed by atoms with Crippen molar-refractivity contribution in [3.8, 4) is 0 Å². The van der Waals surface area contributed by atoms with Gasteiger partial charge in [0.05, 0.1) is 18.1 Å². The third-order valence-corrected chi connectivity index (χ3v) is 5.12. The average molecular weight is 397 g/mol. The van der Waals surface area contributed by atoms with Crippen molar-refractivity contribution in [3.05, 3.63) is 76.5 Å². The summed E-state index contributed by atoms with van der Waals surface area (Å²) in [5.41, 5.74) is 2.19. The summed E-state index contributed by atoms with van der Waals surface area (Å²) < 4.78 is 6.02. The lowest BCUT2D eigenvalue weighted by atomic mass is 10.0. The molecule has 1 aromatic carbocycles. The molecule has 0 unspecified atom stereocenters. The molecule has 144 valence electrons. The van der Waals surface area contributed by atoms with Crippen molar-refractivity contribution in [1.82, 2.24) is 19.9 Å². The molecule has 3 heterocycles. The summed E-state index contributed by atoms with van der Waals surface area (Å²) in [5.74, 6) is 1.20. The summed E-state index contributed by atoms with van der Waals surface area (Å²) in [6, 6.07) is 7.49. The molecule has 1 aliphatic heterocycles. The van der Waals surface area contributed by atoms with E-state index in [2.05, 4.69) is 15.0 Å². The van der Waals surface area contributed by atoms with Crippen LogP contribution in [0.15, 0.2) is 47.3 Å². The van der Waals surface area contributed by atoms with Gasteiger partial charge in [-0.15, -0.1) is 0 Å². The molecule has 7 heteroatoms. The van der Waals surface area contributed by atoms with Crippen molar-refractivity contribution in [2.45, 2.75) is 38.6 Å². The number of rotatable bonds is 4. The molecular formula is C21H21ClN4O2. The molecular weight excluding hydrogens is 376 g/mol. The van der Waals surface area contributed by atoms with Gasteiger partial charge in [0.15, 0.2) is 0 Å². The first-order valence-electron chi connectivity index (χ1n) is 9.39. The van der Waals surface area contributed by atoms with Gasteiger partial charge in [-0.25, -0.2) is 9.97 Å². The van der Waals surface area contributed by atoms with Crippen molar-refractivity contribution >= 4 is 17.5 Å². The van der Waals surface area contributed by atoms with E-state index in [1.54, 1.807) is 17.3 Å². The molecule has 0 N–H and O–H groups in total. The van der Waals surface area contributed by atoms with Gasteiger partial charge in [-0.05, 0) is 43.9 Å². The Labute approximate surface area is 168 Å². The van der Waals surface area contributed by atoms with Crippen molar-refractivity contribution in [2.24, 2.45) is 0 Å². The van der Waals surface area contributed by atoms with E-state index in [9.17, 15) is 4.79 Å². The van der Waals surface area contributed by atoms with Gasteiger partial charge < -0.3 is 9.32 Å². The maximum Gasteiger partial charge on any atom is 0.274 e. The van der Waals surface area contributed by atoms with E-state index >= 15 is 0 Å². The quantitative estimate of drug-likeness (QED) is 0.654. The van der Waals surface area contributed by atoms with Crippen molar-refractivity contribution in [3.63, 3.8) is 0 Å². The van der Waals surface area contributed by atoms with Crippen LogP contribution >= 0.6 is 11.6 Å². The van der Waals surface area contributed by atoms with Gasteiger partial charge in [0.1, 0.15) is 17.5 Å². The highest BCUT2D eigenvalue weighted by Crippen LogP contribution is 2.32. The minimum Gasteiger partial charge on any atom is -0.443 e. The zero-order chi connectivity index (χ0) is 19.5. The SMILES string of the molecule is Cc1cnc(C(=O)N2CCCC[C@H]2c2ncc(Cc3cccc(Cl)c3)o2)cn1. The van der Waals surface area contributed by atoms with Crippen molar-refractivity contribution < 1.29 is 9.21 Å². The molecule has 1 aliphatic rings. The number of oxazole rings is 1. The highest BCUT2D eigenvalue weighted by molar-refractivity contribution is 6.30. The second-order valence-electron chi connectivity index (χ2n) is 7.02. The van der Waals surface area contributed by atoms with E-state index in [4.69, 9.17) is 16.0 Å². The van der Waals surface area contributed by atoms with Crippen molar-refractivity contribution in [1.29, 1.82) is 0 Å². The molecule has 0 spiro atoms. The molecule has 1 fully saturated rings. The number of carbonyl (C=O) groups excluding carboxylic acids is 1. The van der Waals surface area contributed by atoms with Gasteiger partial charge in [0, 0.05) is 24.2 Å². The number of carbonyl (C=O) groups is 1.